The Morgan fingerprint density at radius 2 is 0.397 bits per heavy atom. The molecule has 0 aromatic rings. The molecule has 0 aliphatic heterocycles. The molecule has 0 radical (unpaired) electrons. The van der Waals surface area contributed by atoms with E-state index in [0.29, 0.717) is 0 Å². The summed E-state index contributed by atoms with van der Waals surface area (Å²) in [5, 5.41) is 39.3. The maximum Gasteiger partial charge on any atom is 3.00 e. The van der Waals surface area contributed by atoms with Crippen molar-refractivity contribution in [3.8, 4) is 0 Å². The van der Waals surface area contributed by atoms with Gasteiger partial charge in [-0.3, -0.25) is 19.2 Å². The fourth-order valence-corrected chi connectivity index (χ4v) is 1.13. The molecule has 0 fully saturated rings. The Bertz CT molecular complexity index is 1250. The van der Waals surface area contributed by atoms with Crippen LogP contribution in [-0.4, -0.2) is 105 Å². The van der Waals surface area contributed by atoms with Crippen LogP contribution < -0.4 is 20.4 Å². The molecule has 9 nitrogen and oxygen atoms in total. The first-order valence-electron chi connectivity index (χ1n) is 12.3. The van der Waals surface area contributed by atoms with Crippen molar-refractivity contribution < 1.29 is 199 Å². The smallest absolute Gasteiger partial charge is 0.869 e. The SMILES string of the molecule is C[N+](C)(C)C.O=C(/C=C(\[O-])C(F)(F)F)C(F)(F)F.O=C(/C=C(\[O-])C(F)(F)F)C(F)(F)F.O=C(/C=C(\[O-])C(F)(F)F)C(F)(F)F.O=C(/C=C(\[O-])C(F)(F)F)C(F)(F)F.[Eu+3]. The normalized spacial score (nSPS) is 14.0. The third kappa shape index (κ3) is 38.2. The molecule has 0 N–H and O–H groups in total. The van der Waals surface area contributed by atoms with E-state index >= 15 is 0 Å². The van der Waals surface area contributed by atoms with Gasteiger partial charge in [0.05, 0.1) is 28.2 Å². The van der Waals surface area contributed by atoms with E-state index in [-0.39, 0.29) is 49.4 Å². The summed E-state index contributed by atoms with van der Waals surface area (Å²) >= 11 is 0. The van der Waals surface area contributed by atoms with E-state index in [1.807, 2.05) is 0 Å². The molecule has 0 aliphatic carbocycles. The fraction of sp³-hybridized carbons (Fsp3) is 0.500. The second-order valence-corrected chi connectivity index (χ2v) is 10.2. The second-order valence-electron chi connectivity index (χ2n) is 10.2. The maximum atomic E-state index is 11.3. The van der Waals surface area contributed by atoms with Gasteiger partial charge in [0, 0.05) is 0 Å². The number of quaternary nitrogens is 1. The molecule has 0 aromatic heterocycles. The van der Waals surface area contributed by atoms with Crippen LogP contribution in [0, 0.1) is 49.4 Å². The van der Waals surface area contributed by atoms with Gasteiger partial charge in [0.15, 0.2) is 0 Å². The van der Waals surface area contributed by atoms with Gasteiger partial charge >= 0.3 is 98.8 Å². The van der Waals surface area contributed by atoms with E-state index in [1.54, 1.807) is 0 Å². The quantitative estimate of drug-likeness (QED) is 0.177. The van der Waals surface area contributed by atoms with Crippen molar-refractivity contribution in [2.24, 2.45) is 0 Å². The van der Waals surface area contributed by atoms with E-state index in [9.17, 15) is 145 Å². The van der Waals surface area contributed by atoms with E-state index in [4.69, 9.17) is 0 Å². The molecular formula is C24H16EuF24NO8. The molecule has 0 saturated heterocycles. The van der Waals surface area contributed by atoms with Crippen molar-refractivity contribution in [2.75, 3.05) is 28.2 Å². The summed E-state index contributed by atoms with van der Waals surface area (Å²) in [6.07, 6.45) is -47.8. The first kappa shape index (κ1) is 66.5. The van der Waals surface area contributed by atoms with Crippen molar-refractivity contribution in [1.82, 2.24) is 0 Å². The Balaban J connectivity index is -0.000000148. The van der Waals surface area contributed by atoms with Crippen LogP contribution in [0.2, 0.25) is 0 Å². The minimum atomic E-state index is -5.46. The number of hydrogen-bond donors (Lipinski definition) is 0. The number of allylic oxidation sites excluding steroid dienone is 8. The molecule has 0 rings (SSSR count). The Hall–Kier alpha value is -3.30. The number of hydrogen-bond acceptors (Lipinski definition) is 8. The molecule has 0 unspecified atom stereocenters. The van der Waals surface area contributed by atoms with Gasteiger partial charge in [-0.15, -0.1) is 0 Å². The summed E-state index contributed by atoms with van der Waals surface area (Å²) in [5.41, 5.74) is 0. The Morgan fingerprint density at radius 1 is 0.310 bits per heavy atom. The molecule has 340 valence electrons. The van der Waals surface area contributed by atoms with Crippen molar-refractivity contribution in [1.29, 1.82) is 0 Å². The molecule has 0 bridgehead atoms. The zero-order valence-electron chi connectivity index (χ0n) is 27.5. The molecule has 58 heavy (non-hydrogen) atoms. The molecule has 0 aromatic carbocycles. The Morgan fingerprint density at radius 3 is 0.448 bits per heavy atom. The van der Waals surface area contributed by atoms with Gasteiger partial charge in [-0.2, -0.15) is 105 Å². The van der Waals surface area contributed by atoms with E-state index in [2.05, 4.69) is 28.2 Å². The maximum absolute atomic E-state index is 11.3. The number of alkyl halides is 24. The summed E-state index contributed by atoms with van der Waals surface area (Å²) in [5.74, 6) is -22.6. The van der Waals surface area contributed by atoms with Gasteiger partial charge < -0.3 is 24.9 Å². The molecule has 34 heteroatoms. The van der Waals surface area contributed by atoms with Crippen LogP contribution in [0.15, 0.2) is 47.3 Å². The standard InChI is InChI=1S/4C5H2F6O2.C4H12N.Eu/c4*6-4(7,8)2(12)1-3(13)5(9,10)11;1-5(2,3)4;/h4*1,12H;1-4H3;/q;;;;+1;+3/p-4/b4*2-1-;;. The molecule has 0 amide bonds. The summed E-state index contributed by atoms with van der Waals surface area (Å²) < 4.78 is 272. The number of rotatable bonds is 4. The average Bonchev–Trinajstić information content (AvgIpc) is 2.88. The molecule has 0 saturated carbocycles. The van der Waals surface area contributed by atoms with Gasteiger partial charge in [0.1, 0.15) is 0 Å². The van der Waals surface area contributed by atoms with E-state index in [1.165, 1.54) is 0 Å². The summed E-state index contributed by atoms with van der Waals surface area (Å²) in [7, 11) is 8.50. The van der Waals surface area contributed by atoms with Crippen molar-refractivity contribution in [2.45, 2.75) is 49.4 Å². The molecule has 0 aliphatic rings. The minimum Gasteiger partial charge on any atom is -0.869 e. The number of ketones is 4. The summed E-state index contributed by atoms with van der Waals surface area (Å²) in [4.78, 5) is 39.3. The van der Waals surface area contributed by atoms with Gasteiger partial charge in [-0.1, -0.05) is 0 Å². The van der Waals surface area contributed by atoms with Crippen LogP contribution in [0.25, 0.3) is 0 Å². The van der Waals surface area contributed by atoms with E-state index < -0.39 is 120 Å². The third-order valence-electron chi connectivity index (χ3n) is 3.28. The average molecular weight is 1050 g/mol. The minimum absolute atomic E-state index is 0. The van der Waals surface area contributed by atoms with Crippen LogP contribution in [0.1, 0.15) is 0 Å². The topological polar surface area (TPSA) is 161 Å². The monoisotopic (exact) mass is 1050 g/mol. The van der Waals surface area contributed by atoms with Crippen LogP contribution in [0.5, 0.6) is 0 Å². The predicted molar refractivity (Wildman–Crippen MR) is 125 cm³/mol. The van der Waals surface area contributed by atoms with Crippen molar-refractivity contribution >= 4 is 23.1 Å². The van der Waals surface area contributed by atoms with Gasteiger partial charge in [0.25, 0.3) is 23.1 Å². The van der Waals surface area contributed by atoms with Crippen LogP contribution >= 0.6 is 0 Å². The zero-order valence-corrected chi connectivity index (χ0v) is 29.9. The first-order chi connectivity index (χ1) is 24.2. The molecule has 0 heterocycles. The third-order valence-corrected chi connectivity index (χ3v) is 3.28. The number of nitrogens with zero attached hydrogens (tertiary/aromatic N) is 1. The summed E-state index contributed by atoms with van der Waals surface area (Å²) in [6, 6.07) is 0. The zero-order chi connectivity index (χ0) is 47.9. The number of halogens is 24. The van der Waals surface area contributed by atoms with Crippen LogP contribution in [0.3, 0.4) is 0 Å². The summed E-state index contributed by atoms with van der Waals surface area (Å²) in [6.45, 7) is 0. The van der Waals surface area contributed by atoms with Crippen LogP contribution in [-0.2, 0) is 19.2 Å². The van der Waals surface area contributed by atoms with Crippen molar-refractivity contribution in [3.05, 3.63) is 47.3 Å². The Labute approximate surface area is 345 Å². The fourth-order valence-electron chi connectivity index (χ4n) is 1.13. The molecule has 0 spiro atoms. The van der Waals surface area contributed by atoms with E-state index in [0.717, 1.165) is 4.48 Å². The largest absolute Gasteiger partial charge is 3.00 e. The second kappa shape index (κ2) is 24.1. The number of carbonyl (C=O) groups is 4. The Kier molecular flexibility index (Phi) is 27.6. The molecule has 0 atom stereocenters. The van der Waals surface area contributed by atoms with Crippen molar-refractivity contribution in [3.63, 3.8) is 0 Å². The molecular weight excluding hydrogens is 1040 g/mol. The first-order valence-corrected chi connectivity index (χ1v) is 12.3. The predicted octanol–water partition coefficient (Wildman–Crippen LogP) is 4.02. The van der Waals surface area contributed by atoms with Gasteiger partial charge in [-0.05, 0) is 47.3 Å². The number of carbonyl (C=O) groups excluding carboxylic acids is 4. The van der Waals surface area contributed by atoms with Gasteiger partial charge in [-0.25, -0.2) is 0 Å². The van der Waals surface area contributed by atoms with Gasteiger partial charge in [0.2, 0.25) is 0 Å². The van der Waals surface area contributed by atoms with Crippen LogP contribution in [0.4, 0.5) is 105 Å².